The Kier molecular flexibility index (Phi) is 8.27. The van der Waals surface area contributed by atoms with E-state index in [9.17, 15) is 9.59 Å². The molecule has 2 unspecified atom stereocenters. The molecule has 1 aromatic heterocycles. The maximum absolute atomic E-state index is 12.2. The highest BCUT2D eigenvalue weighted by Gasteiger charge is 2.25. The monoisotopic (exact) mass is 478 g/mol. The van der Waals surface area contributed by atoms with Crippen LogP contribution in [0.1, 0.15) is 75.3 Å². The van der Waals surface area contributed by atoms with E-state index < -0.39 is 5.97 Å². The summed E-state index contributed by atoms with van der Waals surface area (Å²) in [5.41, 5.74) is 3.45. The van der Waals surface area contributed by atoms with Gasteiger partial charge in [0.1, 0.15) is 6.04 Å². The molecule has 35 heavy (non-hydrogen) atoms. The van der Waals surface area contributed by atoms with Gasteiger partial charge in [0.15, 0.2) is 0 Å². The summed E-state index contributed by atoms with van der Waals surface area (Å²) in [6.07, 6.45) is 0.786. The summed E-state index contributed by atoms with van der Waals surface area (Å²) in [4.78, 5) is 22.8. The van der Waals surface area contributed by atoms with E-state index >= 15 is 0 Å². The standard InChI is InChI=1S/C27H34N4O4/c1-6-17(2)23(29-21-13-9-18(10-14-21)24(34)28-16-15-22(32)33)26-31-30-25(35-26)19-7-11-20(12-8-19)27(3,4)5/h7-14,17,23,29H,6,15-16H2,1-5H3,(H,28,34)(H,32,33). The van der Waals surface area contributed by atoms with Gasteiger partial charge in [-0.05, 0) is 53.3 Å². The van der Waals surface area contributed by atoms with Gasteiger partial charge in [0, 0.05) is 23.4 Å². The number of rotatable bonds is 10. The Balaban J connectivity index is 1.73. The molecule has 2 aromatic carbocycles. The van der Waals surface area contributed by atoms with Gasteiger partial charge in [-0.2, -0.15) is 0 Å². The van der Waals surface area contributed by atoms with E-state index in [1.165, 1.54) is 5.56 Å². The molecule has 3 aromatic rings. The summed E-state index contributed by atoms with van der Waals surface area (Å²) in [5.74, 6) is -0.0680. The minimum atomic E-state index is -0.952. The van der Waals surface area contributed by atoms with Crippen LogP contribution in [0.3, 0.4) is 0 Å². The third-order valence-electron chi connectivity index (χ3n) is 6.01. The van der Waals surface area contributed by atoms with Crippen molar-refractivity contribution in [1.82, 2.24) is 15.5 Å². The Hall–Kier alpha value is -3.68. The van der Waals surface area contributed by atoms with Gasteiger partial charge in [-0.15, -0.1) is 10.2 Å². The molecule has 0 aliphatic rings. The van der Waals surface area contributed by atoms with Crippen LogP contribution in [-0.4, -0.2) is 33.7 Å². The predicted octanol–water partition coefficient (Wildman–Crippen LogP) is 5.44. The minimum absolute atomic E-state index is 0.0683. The van der Waals surface area contributed by atoms with Crippen LogP contribution in [0.5, 0.6) is 0 Å². The summed E-state index contributed by atoms with van der Waals surface area (Å²) in [7, 11) is 0. The van der Waals surface area contributed by atoms with Crippen LogP contribution in [0.4, 0.5) is 5.69 Å². The number of anilines is 1. The van der Waals surface area contributed by atoms with Crippen LogP contribution < -0.4 is 10.6 Å². The highest BCUT2D eigenvalue weighted by Crippen LogP contribution is 2.31. The molecule has 186 valence electrons. The van der Waals surface area contributed by atoms with Crippen molar-refractivity contribution >= 4 is 17.6 Å². The van der Waals surface area contributed by atoms with Crippen molar-refractivity contribution in [2.24, 2.45) is 5.92 Å². The zero-order valence-corrected chi connectivity index (χ0v) is 21.0. The molecule has 8 nitrogen and oxygen atoms in total. The largest absolute Gasteiger partial charge is 0.481 e. The fourth-order valence-electron chi connectivity index (χ4n) is 3.56. The third-order valence-corrected chi connectivity index (χ3v) is 6.01. The van der Waals surface area contributed by atoms with E-state index in [4.69, 9.17) is 9.52 Å². The van der Waals surface area contributed by atoms with Crippen molar-refractivity contribution in [1.29, 1.82) is 0 Å². The molecule has 0 saturated heterocycles. The van der Waals surface area contributed by atoms with E-state index in [2.05, 4.69) is 67.6 Å². The molecule has 3 rings (SSSR count). The fourth-order valence-corrected chi connectivity index (χ4v) is 3.56. The topological polar surface area (TPSA) is 117 Å². The number of amides is 1. The van der Waals surface area contributed by atoms with E-state index in [1.807, 2.05) is 24.3 Å². The number of benzene rings is 2. The molecule has 0 fully saturated rings. The van der Waals surface area contributed by atoms with Crippen LogP contribution in [0, 0.1) is 5.92 Å². The smallest absolute Gasteiger partial charge is 0.305 e. The Morgan fingerprint density at radius 1 is 1.03 bits per heavy atom. The molecule has 1 amide bonds. The Morgan fingerprint density at radius 3 is 2.26 bits per heavy atom. The second kappa shape index (κ2) is 11.2. The lowest BCUT2D eigenvalue weighted by molar-refractivity contribution is -0.136. The third kappa shape index (κ3) is 6.91. The van der Waals surface area contributed by atoms with Crippen LogP contribution >= 0.6 is 0 Å². The second-order valence-electron chi connectivity index (χ2n) is 9.76. The average molecular weight is 479 g/mol. The van der Waals surface area contributed by atoms with Crippen LogP contribution in [0.2, 0.25) is 0 Å². The van der Waals surface area contributed by atoms with Crippen molar-refractivity contribution in [2.75, 3.05) is 11.9 Å². The minimum Gasteiger partial charge on any atom is -0.481 e. The summed E-state index contributed by atoms with van der Waals surface area (Å²) in [6, 6.07) is 15.0. The van der Waals surface area contributed by atoms with Crippen molar-refractivity contribution in [3.63, 3.8) is 0 Å². The number of aromatic nitrogens is 2. The average Bonchev–Trinajstić information content (AvgIpc) is 3.31. The summed E-state index contributed by atoms with van der Waals surface area (Å²) < 4.78 is 6.08. The van der Waals surface area contributed by atoms with Crippen molar-refractivity contribution in [3.05, 3.63) is 65.5 Å². The van der Waals surface area contributed by atoms with Crippen molar-refractivity contribution < 1.29 is 19.1 Å². The van der Waals surface area contributed by atoms with Gasteiger partial charge in [0.25, 0.3) is 5.91 Å². The number of nitrogens with zero attached hydrogens (tertiary/aromatic N) is 2. The number of nitrogens with one attached hydrogen (secondary N) is 2. The van der Waals surface area contributed by atoms with E-state index in [1.54, 1.807) is 12.1 Å². The normalized spacial score (nSPS) is 13.2. The molecule has 0 spiro atoms. The quantitative estimate of drug-likeness (QED) is 0.355. The first kappa shape index (κ1) is 25.9. The van der Waals surface area contributed by atoms with E-state index in [0.29, 0.717) is 17.3 Å². The lowest BCUT2D eigenvalue weighted by Gasteiger charge is -2.22. The van der Waals surface area contributed by atoms with E-state index in [0.717, 1.165) is 17.7 Å². The molecule has 8 heteroatoms. The van der Waals surface area contributed by atoms with Gasteiger partial charge in [-0.3, -0.25) is 9.59 Å². The second-order valence-corrected chi connectivity index (χ2v) is 9.76. The number of carbonyl (C=O) groups is 2. The molecule has 0 aliphatic heterocycles. The molecule has 0 saturated carbocycles. The van der Waals surface area contributed by atoms with Gasteiger partial charge < -0.3 is 20.2 Å². The maximum atomic E-state index is 12.2. The first-order chi connectivity index (χ1) is 16.6. The lowest BCUT2D eigenvalue weighted by Crippen LogP contribution is -2.26. The summed E-state index contributed by atoms with van der Waals surface area (Å²) in [6.45, 7) is 10.8. The number of carboxylic acids is 1. The molecule has 2 atom stereocenters. The molecular weight excluding hydrogens is 444 g/mol. The predicted molar refractivity (Wildman–Crippen MR) is 135 cm³/mol. The Bertz CT molecular complexity index is 1130. The molecular formula is C27H34N4O4. The number of hydrogen-bond donors (Lipinski definition) is 3. The van der Waals surface area contributed by atoms with Gasteiger partial charge >= 0.3 is 5.97 Å². The number of hydrogen-bond acceptors (Lipinski definition) is 6. The first-order valence-corrected chi connectivity index (χ1v) is 11.9. The molecule has 0 bridgehead atoms. The van der Waals surface area contributed by atoms with Gasteiger partial charge in [0.2, 0.25) is 11.8 Å². The highest BCUT2D eigenvalue weighted by molar-refractivity contribution is 5.94. The molecule has 0 radical (unpaired) electrons. The zero-order chi connectivity index (χ0) is 25.6. The van der Waals surface area contributed by atoms with E-state index in [-0.39, 0.29) is 36.2 Å². The van der Waals surface area contributed by atoms with Crippen molar-refractivity contribution in [3.8, 4) is 11.5 Å². The van der Waals surface area contributed by atoms with Gasteiger partial charge in [0.05, 0.1) is 6.42 Å². The number of aliphatic carboxylic acids is 1. The fraction of sp³-hybridized carbons (Fsp3) is 0.407. The van der Waals surface area contributed by atoms with Gasteiger partial charge in [-0.25, -0.2) is 0 Å². The Labute approximate surface area is 206 Å². The van der Waals surface area contributed by atoms with Crippen molar-refractivity contribution in [2.45, 2.75) is 58.9 Å². The zero-order valence-electron chi connectivity index (χ0n) is 21.0. The number of carboxylic acid groups (broad SMARTS) is 1. The summed E-state index contributed by atoms with van der Waals surface area (Å²) in [5, 5.41) is 23.4. The molecule has 1 heterocycles. The molecule has 0 aliphatic carbocycles. The van der Waals surface area contributed by atoms with Crippen LogP contribution in [-0.2, 0) is 10.2 Å². The Morgan fingerprint density at radius 2 is 1.69 bits per heavy atom. The lowest BCUT2D eigenvalue weighted by atomic mass is 9.87. The first-order valence-electron chi connectivity index (χ1n) is 11.9. The summed E-state index contributed by atoms with van der Waals surface area (Å²) >= 11 is 0. The maximum Gasteiger partial charge on any atom is 0.305 e. The van der Waals surface area contributed by atoms with Crippen LogP contribution in [0.25, 0.3) is 11.5 Å². The number of carbonyl (C=O) groups excluding carboxylic acids is 1. The SMILES string of the molecule is CCC(C)C(Nc1ccc(C(=O)NCCC(=O)O)cc1)c1nnc(-c2ccc(C(C)(C)C)cc2)o1. The van der Waals surface area contributed by atoms with Gasteiger partial charge in [-0.1, -0.05) is 53.2 Å². The highest BCUT2D eigenvalue weighted by atomic mass is 16.4. The van der Waals surface area contributed by atoms with Crippen LogP contribution in [0.15, 0.2) is 52.9 Å². The molecule has 3 N–H and O–H groups in total.